The molecule has 2 heterocycles. The third kappa shape index (κ3) is 3.62. The van der Waals surface area contributed by atoms with Crippen LogP contribution in [0.4, 0.5) is 0 Å². The summed E-state index contributed by atoms with van der Waals surface area (Å²) in [5.41, 5.74) is 8.68. The van der Waals surface area contributed by atoms with Crippen molar-refractivity contribution in [1.82, 2.24) is 4.57 Å². The van der Waals surface area contributed by atoms with Crippen LogP contribution < -0.4 is 0 Å². The highest BCUT2D eigenvalue weighted by Gasteiger charge is 2.19. The van der Waals surface area contributed by atoms with E-state index in [9.17, 15) is 0 Å². The third-order valence-corrected chi connectivity index (χ3v) is 10.8. The number of hydrogen-bond donors (Lipinski definition) is 0. The Kier molecular flexibility index (Phi) is 5.51. The lowest BCUT2D eigenvalue weighted by Gasteiger charge is -2.18. The Morgan fingerprint density at radius 3 is 1.65 bits per heavy atom. The molecule has 0 fully saturated rings. The Morgan fingerprint density at radius 2 is 0.935 bits per heavy atom. The van der Waals surface area contributed by atoms with Gasteiger partial charge in [-0.3, -0.25) is 0 Å². The number of benzene rings is 8. The van der Waals surface area contributed by atoms with E-state index in [4.69, 9.17) is 0 Å². The number of rotatable bonds is 3. The van der Waals surface area contributed by atoms with E-state index >= 15 is 0 Å². The van der Waals surface area contributed by atoms with E-state index in [1.54, 1.807) is 0 Å². The van der Waals surface area contributed by atoms with Gasteiger partial charge in [0, 0.05) is 36.6 Å². The smallest absolute Gasteiger partial charge is 0.0555 e. The second-order valence-corrected chi connectivity index (χ2v) is 13.1. The normalized spacial score (nSPS) is 11.9. The van der Waals surface area contributed by atoms with E-state index < -0.39 is 0 Å². The largest absolute Gasteiger partial charge is 0.309 e. The Balaban J connectivity index is 1.27. The first-order chi connectivity index (χ1) is 22.8. The van der Waals surface area contributed by atoms with Crippen LogP contribution in [-0.4, -0.2) is 4.57 Å². The van der Waals surface area contributed by atoms with Gasteiger partial charge in [0.15, 0.2) is 0 Å². The Bertz CT molecular complexity index is 2740. The zero-order valence-electron chi connectivity index (χ0n) is 24.9. The van der Waals surface area contributed by atoms with E-state index in [-0.39, 0.29) is 0 Å². The van der Waals surface area contributed by atoms with Crippen molar-refractivity contribution in [1.29, 1.82) is 0 Å². The summed E-state index contributed by atoms with van der Waals surface area (Å²) in [5, 5.41) is 10.4. The van der Waals surface area contributed by atoms with Gasteiger partial charge in [0.1, 0.15) is 0 Å². The molecule has 0 aliphatic carbocycles. The summed E-state index contributed by atoms with van der Waals surface area (Å²) in [4.78, 5) is 0. The molecule has 1 nitrogen and oxygen atoms in total. The van der Waals surface area contributed by atoms with Crippen molar-refractivity contribution in [2.24, 2.45) is 0 Å². The lowest BCUT2D eigenvalue weighted by molar-refractivity contribution is 1.18. The molecule has 0 N–H and O–H groups in total. The lowest BCUT2D eigenvalue weighted by Crippen LogP contribution is -1.95. The van der Waals surface area contributed by atoms with Crippen LogP contribution in [0.25, 0.3) is 91.5 Å². The zero-order valence-corrected chi connectivity index (χ0v) is 25.8. The molecule has 10 aromatic rings. The minimum absolute atomic E-state index is 1.17. The first-order valence-corrected chi connectivity index (χ1v) is 16.6. The molecule has 10 rings (SSSR count). The molecule has 0 atom stereocenters. The molecule has 0 bridgehead atoms. The van der Waals surface area contributed by atoms with Gasteiger partial charge in [-0.25, -0.2) is 0 Å². The van der Waals surface area contributed by atoms with Gasteiger partial charge in [-0.05, 0) is 74.1 Å². The summed E-state index contributed by atoms with van der Waals surface area (Å²) in [7, 11) is 0. The number of hydrogen-bond acceptors (Lipinski definition) is 1. The van der Waals surface area contributed by atoms with Crippen LogP contribution in [0.5, 0.6) is 0 Å². The molecular formula is C44H27NS. The first kappa shape index (κ1) is 25.6. The van der Waals surface area contributed by atoms with Gasteiger partial charge in [-0.15, -0.1) is 11.3 Å². The van der Waals surface area contributed by atoms with Crippen LogP contribution in [0.2, 0.25) is 0 Å². The maximum atomic E-state index is 2.46. The Labute approximate surface area is 270 Å². The highest BCUT2D eigenvalue weighted by molar-refractivity contribution is 7.26. The Hall–Kier alpha value is -5.70. The molecule has 0 unspecified atom stereocenters. The van der Waals surface area contributed by atoms with Gasteiger partial charge in [0.05, 0.1) is 11.0 Å². The highest BCUT2D eigenvalue weighted by atomic mass is 32.1. The number of para-hydroxylation sites is 1. The van der Waals surface area contributed by atoms with Crippen molar-refractivity contribution in [3.05, 3.63) is 164 Å². The summed E-state index contributed by atoms with van der Waals surface area (Å²) >= 11 is 1.90. The minimum Gasteiger partial charge on any atom is -0.309 e. The molecule has 2 aromatic heterocycles. The van der Waals surface area contributed by atoms with Crippen molar-refractivity contribution in [2.75, 3.05) is 0 Å². The summed E-state index contributed by atoms with van der Waals surface area (Å²) in [5.74, 6) is 0. The van der Waals surface area contributed by atoms with E-state index in [2.05, 4.69) is 168 Å². The maximum absolute atomic E-state index is 2.46. The van der Waals surface area contributed by atoms with Gasteiger partial charge in [-0.1, -0.05) is 133 Å². The first-order valence-electron chi connectivity index (χ1n) is 15.8. The number of aromatic nitrogens is 1. The van der Waals surface area contributed by atoms with Gasteiger partial charge in [-0.2, -0.15) is 0 Å². The SMILES string of the molecule is c1ccc(-c2c3ccccc3c(-c3cccc(-n4c5ccccc5c5c6sc7ccccc7c6ccc54)c3)c3ccccc23)cc1. The van der Waals surface area contributed by atoms with Crippen molar-refractivity contribution < 1.29 is 0 Å². The predicted molar refractivity (Wildman–Crippen MR) is 200 cm³/mol. The number of nitrogens with zero attached hydrogens (tertiary/aromatic N) is 1. The standard InChI is InChI=1S/C44H27NS/c1-2-13-28(14-3-1)41-32-18-4-6-20-34(32)42(35-21-7-5-19-33(35)41)29-15-12-16-30(27-29)45-38-23-10-8-22-37(38)43-39(45)26-25-36-31-17-9-11-24-40(31)46-44(36)43/h1-27H. The lowest BCUT2D eigenvalue weighted by atomic mass is 9.86. The average molecular weight is 602 g/mol. The van der Waals surface area contributed by atoms with Gasteiger partial charge >= 0.3 is 0 Å². The van der Waals surface area contributed by atoms with Crippen LogP contribution in [0.3, 0.4) is 0 Å². The molecule has 8 aromatic carbocycles. The van der Waals surface area contributed by atoms with Crippen molar-refractivity contribution >= 4 is 74.9 Å². The molecule has 0 saturated heterocycles. The Morgan fingerprint density at radius 1 is 0.370 bits per heavy atom. The zero-order chi connectivity index (χ0) is 30.2. The molecular weight excluding hydrogens is 575 g/mol. The minimum atomic E-state index is 1.17. The summed E-state index contributed by atoms with van der Waals surface area (Å²) < 4.78 is 5.15. The van der Waals surface area contributed by atoms with Crippen LogP contribution in [0, 0.1) is 0 Å². The molecule has 2 heteroatoms. The second kappa shape index (κ2) is 9.90. The molecule has 0 amide bonds. The van der Waals surface area contributed by atoms with Crippen molar-refractivity contribution in [3.63, 3.8) is 0 Å². The summed E-state index contributed by atoms with van der Waals surface area (Å²) in [6.07, 6.45) is 0. The van der Waals surface area contributed by atoms with E-state index in [0.717, 1.165) is 0 Å². The summed E-state index contributed by atoms with van der Waals surface area (Å²) in [6.45, 7) is 0. The van der Waals surface area contributed by atoms with Gasteiger partial charge in [0.2, 0.25) is 0 Å². The van der Waals surface area contributed by atoms with Gasteiger partial charge in [0.25, 0.3) is 0 Å². The third-order valence-electron chi connectivity index (χ3n) is 9.57. The molecule has 0 aliphatic heterocycles. The van der Waals surface area contributed by atoms with Crippen molar-refractivity contribution in [3.8, 4) is 27.9 Å². The predicted octanol–water partition coefficient (Wildman–Crippen LogP) is 12.8. The fourth-order valence-corrected chi connectivity index (χ4v) is 8.93. The fourth-order valence-electron chi connectivity index (χ4n) is 7.67. The monoisotopic (exact) mass is 601 g/mol. The van der Waals surface area contributed by atoms with Crippen LogP contribution in [-0.2, 0) is 0 Å². The van der Waals surface area contributed by atoms with Crippen LogP contribution in [0.15, 0.2) is 164 Å². The second-order valence-electron chi connectivity index (χ2n) is 12.0. The molecule has 0 spiro atoms. The number of fused-ring (bicyclic) bond motifs is 9. The van der Waals surface area contributed by atoms with E-state index in [1.807, 2.05) is 11.3 Å². The molecule has 0 aliphatic rings. The molecule has 0 saturated carbocycles. The molecule has 214 valence electrons. The maximum Gasteiger partial charge on any atom is 0.0555 e. The quantitative estimate of drug-likeness (QED) is 0.178. The molecule has 46 heavy (non-hydrogen) atoms. The summed E-state index contributed by atoms with van der Waals surface area (Å²) in [6, 6.07) is 60.0. The molecule has 0 radical (unpaired) electrons. The number of thiophene rings is 1. The van der Waals surface area contributed by atoms with Gasteiger partial charge < -0.3 is 4.57 Å². The van der Waals surface area contributed by atoms with E-state index in [0.29, 0.717) is 0 Å². The van der Waals surface area contributed by atoms with Crippen LogP contribution in [0.1, 0.15) is 0 Å². The van der Waals surface area contributed by atoms with Crippen molar-refractivity contribution in [2.45, 2.75) is 0 Å². The average Bonchev–Trinajstić information content (AvgIpc) is 3.67. The topological polar surface area (TPSA) is 4.93 Å². The van der Waals surface area contributed by atoms with E-state index in [1.165, 1.54) is 91.5 Å². The highest BCUT2D eigenvalue weighted by Crippen LogP contribution is 2.46. The fraction of sp³-hybridized carbons (Fsp3) is 0. The van der Waals surface area contributed by atoms with Crippen LogP contribution >= 0.6 is 11.3 Å².